The Labute approximate surface area is 105 Å². The van der Waals surface area contributed by atoms with E-state index in [1.54, 1.807) is 0 Å². The van der Waals surface area contributed by atoms with Gasteiger partial charge in [-0.05, 0) is 50.4 Å². The van der Waals surface area contributed by atoms with Crippen molar-refractivity contribution in [1.82, 2.24) is 5.32 Å². The molecule has 2 rings (SSSR count). The smallest absolute Gasteiger partial charge is 0.169 e. The molecule has 2 nitrogen and oxygen atoms in total. The van der Waals surface area contributed by atoms with Gasteiger partial charge in [-0.15, -0.1) is 0 Å². The van der Waals surface area contributed by atoms with Crippen molar-refractivity contribution in [2.24, 2.45) is 5.92 Å². The summed E-state index contributed by atoms with van der Waals surface area (Å²) in [4.78, 5) is 12.0. The molecule has 18 heavy (non-hydrogen) atoms. The van der Waals surface area contributed by atoms with Gasteiger partial charge in [-0.25, -0.2) is 8.78 Å². The van der Waals surface area contributed by atoms with E-state index in [1.807, 2.05) is 0 Å². The Bertz CT molecular complexity index is 453. The van der Waals surface area contributed by atoms with E-state index >= 15 is 0 Å². The molecule has 1 atom stereocenters. The predicted octanol–water partition coefficient (Wildman–Crippen LogP) is 2.85. The van der Waals surface area contributed by atoms with Crippen LogP contribution in [0.15, 0.2) is 12.1 Å². The lowest BCUT2D eigenvalue weighted by Gasteiger charge is -2.22. The monoisotopic (exact) mass is 253 g/mol. The van der Waals surface area contributed by atoms with Crippen LogP contribution < -0.4 is 5.32 Å². The van der Waals surface area contributed by atoms with Gasteiger partial charge in [0, 0.05) is 6.42 Å². The van der Waals surface area contributed by atoms with E-state index in [0.29, 0.717) is 5.56 Å². The number of hydrogen-bond donors (Lipinski definition) is 1. The molecule has 1 unspecified atom stereocenters. The maximum Gasteiger partial charge on any atom is 0.169 e. The number of Topliss-reactive ketones (excluding diaryl/α,β-unsaturated/α-hetero) is 1. The normalized spacial score (nSPS) is 19.8. The summed E-state index contributed by atoms with van der Waals surface area (Å²) in [6, 6.07) is 2.51. The SMILES string of the molecule is Cc1ccc(F)c(C(=O)CC2CCCNC2)c1F. The molecule has 1 saturated heterocycles. The first-order chi connectivity index (χ1) is 8.59. The lowest BCUT2D eigenvalue weighted by molar-refractivity contribution is 0.0945. The van der Waals surface area contributed by atoms with Crippen LogP contribution in [-0.4, -0.2) is 18.9 Å². The number of piperidine rings is 1. The lowest BCUT2D eigenvalue weighted by atomic mass is 9.91. The second-order valence-electron chi connectivity index (χ2n) is 4.89. The van der Waals surface area contributed by atoms with Gasteiger partial charge in [0.1, 0.15) is 11.6 Å². The highest BCUT2D eigenvalue weighted by molar-refractivity contribution is 5.97. The van der Waals surface area contributed by atoms with E-state index in [4.69, 9.17) is 0 Å². The van der Waals surface area contributed by atoms with Crippen molar-refractivity contribution in [2.75, 3.05) is 13.1 Å². The van der Waals surface area contributed by atoms with Crippen molar-refractivity contribution in [3.8, 4) is 0 Å². The number of carbonyl (C=O) groups is 1. The van der Waals surface area contributed by atoms with E-state index in [1.165, 1.54) is 13.0 Å². The minimum absolute atomic E-state index is 0.186. The van der Waals surface area contributed by atoms with Crippen molar-refractivity contribution >= 4 is 5.78 Å². The Morgan fingerprint density at radius 3 is 2.89 bits per heavy atom. The molecule has 1 aliphatic heterocycles. The number of halogens is 2. The van der Waals surface area contributed by atoms with Crippen LogP contribution in [-0.2, 0) is 0 Å². The van der Waals surface area contributed by atoms with Crippen LogP contribution >= 0.6 is 0 Å². The van der Waals surface area contributed by atoms with Gasteiger partial charge in [-0.2, -0.15) is 0 Å². The molecule has 4 heteroatoms. The molecule has 0 bridgehead atoms. The Kier molecular flexibility index (Phi) is 4.07. The third-order valence-corrected chi connectivity index (χ3v) is 3.44. The Hall–Kier alpha value is -1.29. The molecule has 1 aliphatic rings. The van der Waals surface area contributed by atoms with Crippen LogP contribution in [0.3, 0.4) is 0 Å². The van der Waals surface area contributed by atoms with Gasteiger partial charge in [0.25, 0.3) is 0 Å². The standard InChI is InChI=1S/C14H17F2NO/c1-9-4-5-11(15)13(14(9)16)12(18)7-10-3-2-6-17-8-10/h4-5,10,17H,2-3,6-8H2,1H3. The average Bonchev–Trinajstić information content (AvgIpc) is 2.36. The van der Waals surface area contributed by atoms with Gasteiger partial charge in [0.15, 0.2) is 5.78 Å². The number of rotatable bonds is 3. The number of nitrogens with one attached hydrogen (secondary N) is 1. The number of ketones is 1. The fourth-order valence-electron chi connectivity index (χ4n) is 2.37. The van der Waals surface area contributed by atoms with E-state index in [0.717, 1.165) is 32.0 Å². The highest BCUT2D eigenvalue weighted by Gasteiger charge is 2.23. The minimum atomic E-state index is -0.758. The molecule has 1 heterocycles. The fraction of sp³-hybridized carbons (Fsp3) is 0.500. The largest absolute Gasteiger partial charge is 0.316 e. The van der Waals surface area contributed by atoms with Crippen molar-refractivity contribution < 1.29 is 13.6 Å². The third-order valence-electron chi connectivity index (χ3n) is 3.44. The molecule has 0 aliphatic carbocycles. The third kappa shape index (κ3) is 2.75. The van der Waals surface area contributed by atoms with Gasteiger partial charge in [-0.3, -0.25) is 4.79 Å². The molecule has 0 radical (unpaired) electrons. The van der Waals surface area contributed by atoms with Gasteiger partial charge >= 0.3 is 0 Å². The van der Waals surface area contributed by atoms with E-state index < -0.39 is 17.4 Å². The van der Waals surface area contributed by atoms with E-state index in [-0.39, 0.29) is 17.9 Å². The van der Waals surface area contributed by atoms with Gasteiger partial charge < -0.3 is 5.32 Å². The summed E-state index contributed by atoms with van der Waals surface area (Å²) in [5.74, 6) is -1.72. The van der Waals surface area contributed by atoms with Crippen molar-refractivity contribution in [1.29, 1.82) is 0 Å². The maximum atomic E-state index is 13.8. The first kappa shape index (κ1) is 13.1. The highest BCUT2D eigenvalue weighted by atomic mass is 19.1. The van der Waals surface area contributed by atoms with Crippen molar-refractivity contribution in [2.45, 2.75) is 26.2 Å². The summed E-state index contributed by atoms with van der Waals surface area (Å²) in [6.07, 6.45) is 2.16. The predicted molar refractivity (Wildman–Crippen MR) is 65.6 cm³/mol. The summed E-state index contributed by atoms with van der Waals surface area (Å²) in [5.41, 5.74) is -0.0675. The molecule has 1 aromatic carbocycles. The minimum Gasteiger partial charge on any atom is -0.316 e. The second-order valence-corrected chi connectivity index (χ2v) is 4.89. The first-order valence-electron chi connectivity index (χ1n) is 6.28. The molecular formula is C14H17F2NO. The van der Waals surface area contributed by atoms with Crippen LogP contribution in [0.5, 0.6) is 0 Å². The average molecular weight is 253 g/mol. The molecule has 1 aromatic rings. The summed E-state index contributed by atoms with van der Waals surface area (Å²) < 4.78 is 27.3. The van der Waals surface area contributed by atoms with Crippen LogP contribution in [0, 0.1) is 24.5 Å². The number of benzene rings is 1. The molecular weight excluding hydrogens is 236 g/mol. The van der Waals surface area contributed by atoms with Crippen molar-refractivity contribution in [3.63, 3.8) is 0 Å². The molecule has 0 amide bonds. The number of carbonyl (C=O) groups excluding carboxylic acids is 1. The maximum absolute atomic E-state index is 13.8. The van der Waals surface area contributed by atoms with Gasteiger partial charge in [-0.1, -0.05) is 6.07 Å². The highest BCUT2D eigenvalue weighted by Crippen LogP contribution is 2.22. The fourth-order valence-corrected chi connectivity index (χ4v) is 2.37. The van der Waals surface area contributed by atoms with Crippen LogP contribution in [0.4, 0.5) is 8.78 Å². The summed E-state index contributed by atoms with van der Waals surface area (Å²) in [5, 5.41) is 3.19. The zero-order chi connectivity index (χ0) is 13.1. The summed E-state index contributed by atoms with van der Waals surface area (Å²) in [6.45, 7) is 3.24. The molecule has 98 valence electrons. The Morgan fingerprint density at radius 1 is 1.44 bits per heavy atom. The Morgan fingerprint density at radius 2 is 2.22 bits per heavy atom. The summed E-state index contributed by atoms with van der Waals surface area (Å²) in [7, 11) is 0. The zero-order valence-corrected chi connectivity index (χ0v) is 10.4. The first-order valence-corrected chi connectivity index (χ1v) is 6.28. The van der Waals surface area contributed by atoms with Crippen LogP contribution in [0.25, 0.3) is 0 Å². The van der Waals surface area contributed by atoms with Crippen LogP contribution in [0.2, 0.25) is 0 Å². The lowest BCUT2D eigenvalue weighted by Crippen LogP contribution is -2.31. The molecule has 1 N–H and O–H groups in total. The van der Waals surface area contributed by atoms with Gasteiger partial charge in [0.05, 0.1) is 5.56 Å². The molecule has 0 spiro atoms. The van der Waals surface area contributed by atoms with Crippen LogP contribution in [0.1, 0.15) is 35.2 Å². The molecule has 0 saturated carbocycles. The topological polar surface area (TPSA) is 29.1 Å². The quantitative estimate of drug-likeness (QED) is 0.839. The number of hydrogen-bond acceptors (Lipinski definition) is 2. The molecule has 0 aromatic heterocycles. The van der Waals surface area contributed by atoms with Crippen molar-refractivity contribution in [3.05, 3.63) is 34.9 Å². The van der Waals surface area contributed by atoms with Gasteiger partial charge in [0.2, 0.25) is 0 Å². The summed E-state index contributed by atoms with van der Waals surface area (Å²) >= 11 is 0. The van der Waals surface area contributed by atoms with E-state index in [2.05, 4.69) is 5.32 Å². The number of aryl methyl sites for hydroxylation is 1. The second kappa shape index (κ2) is 5.57. The Balaban J connectivity index is 2.15. The zero-order valence-electron chi connectivity index (χ0n) is 10.4. The molecule has 1 fully saturated rings. The van der Waals surface area contributed by atoms with E-state index in [9.17, 15) is 13.6 Å².